The minimum absolute atomic E-state index is 0.113. The lowest BCUT2D eigenvalue weighted by Crippen LogP contribution is -1.94. The highest BCUT2D eigenvalue weighted by molar-refractivity contribution is 6.35. The monoisotopic (exact) mass is 388 g/mol. The van der Waals surface area contributed by atoms with Crippen molar-refractivity contribution in [1.29, 1.82) is 0 Å². The van der Waals surface area contributed by atoms with Gasteiger partial charge in [0.2, 0.25) is 0 Å². The van der Waals surface area contributed by atoms with Gasteiger partial charge in [-0.15, -0.1) is 0 Å². The number of rotatable bonds is 6. The van der Waals surface area contributed by atoms with E-state index in [0.29, 0.717) is 32.9 Å². The van der Waals surface area contributed by atoms with Crippen LogP contribution in [0.2, 0.25) is 10.0 Å². The third kappa shape index (κ3) is 4.69. The molecule has 26 heavy (non-hydrogen) atoms. The number of halogens is 2. The second-order valence-electron chi connectivity index (χ2n) is 5.41. The van der Waals surface area contributed by atoms with Crippen molar-refractivity contribution >= 4 is 35.1 Å². The van der Waals surface area contributed by atoms with Crippen LogP contribution in [0.1, 0.15) is 21.9 Å². The van der Waals surface area contributed by atoms with E-state index in [1.807, 2.05) is 0 Å². The summed E-state index contributed by atoms with van der Waals surface area (Å²) in [7, 11) is 0. The van der Waals surface area contributed by atoms with Crippen LogP contribution in [0.25, 0.3) is 6.08 Å². The van der Waals surface area contributed by atoms with E-state index in [0.717, 1.165) is 0 Å². The van der Waals surface area contributed by atoms with Crippen molar-refractivity contribution in [1.82, 2.24) is 0 Å². The Labute approximate surface area is 160 Å². The SMILES string of the molecule is O=C(/C=C/c1ccc(COc2ccc(Cl)cc2Cl)o1)c1ccc(O)cc1. The standard InChI is InChI=1S/C20H14Cl2O4/c21-14-3-10-20(18(22)11-14)25-12-17-7-6-16(26-17)8-9-19(24)13-1-4-15(23)5-2-13/h1-11,23H,12H2/b9-8+. The first-order valence-electron chi connectivity index (χ1n) is 7.69. The van der Waals surface area contributed by atoms with Crippen molar-refractivity contribution in [2.45, 2.75) is 6.61 Å². The number of hydrogen-bond donors (Lipinski definition) is 1. The number of hydrogen-bond acceptors (Lipinski definition) is 4. The van der Waals surface area contributed by atoms with Crippen LogP contribution < -0.4 is 4.74 Å². The summed E-state index contributed by atoms with van der Waals surface area (Å²) in [6.45, 7) is 0.196. The molecule has 0 aliphatic carbocycles. The van der Waals surface area contributed by atoms with Crippen LogP contribution in [0.5, 0.6) is 11.5 Å². The van der Waals surface area contributed by atoms with Gasteiger partial charge in [-0.2, -0.15) is 0 Å². The van der Waals surface area contributed by atoms with Gasteiger partial charge in [0.25, 0.3) is 0 Å². The van der Waals surface area contributed by atoms with Gasteiger partial charge in [-0.1, -0.05) is 23.2 Å². The van der Waals surface area contributed by atoms with E-state index in [2.05, 4.69) is 0 Å². The fraction of sp³-hybridized carbons (Fsp3) is 0.0500. The zero-order chi connectivity index (χ0) is 18.5. The van der Waals surface area contributed by atoms with Gasteiger partial charge in [0.15, 0.2) is 5.78 Å². The summed E-state index contributed by atoms with van der Waals surface area (Å²) in [5.41, 5.74) is 0.478. The molecule has 0 aliphatic heterocycles. The summed E-state index contributed by atoms with van der Waals surface area (Å²) in [6.07, 6.45) is 2.99. The van der Waals surface area contributed by atoms with Crippen LogP contribution in [0.3, 0.4) is 0 Å². The lowest BCUT2D eigenvalue weighted by molar-refractivity contribution is 0.104. The maximum atomic E-state index is 12.1. The van der Waals surface area contributed by atoms with Gasteiger partial charge in [-0.3, -0.25) is 4.79 Å². The summed E-state index contributed by atoms with van der Waals surface area (Å²) in [6, 6.07) is 14.5. The zero-order valence-corrected chi connectivity index (χ0v) is 15.0. The van der Waals surface area contributed by atoms with Crippen LogP contribution in [-0.2, 0) is 6.61 Å². The van der Waals surface area contributed by atoms with Crippen molar-refractivity contribution < 1.29 is 19.1 Å². The molecule has 0 fully saturated rings. The van der Waals surface area contributed by atoms with E-state index in [4.69, 9.17) is 32.4 Å². The van der Waals surface area contributed by atoms with Crippen LogP contribution in [0, 0.1) is 0 Å². The zero-order valence-electron chi connectivity index (χ0n) is 13.5. The topological polar surface area (TPSA) is 59.7 Å². The smallest absolute Gasteiger partial charge is 0.185 e. The Morgan fingerprint density at radius 1 is 1.08 bits per heavy atom. The molecular formula is C20H14Cl2O4. The van der Waals surface area contributed by atoms with E-state index in [-0.39, 0.29) is 18.1 Å². The van der Waals surface area contributed by atoms with Crippen LogP contribution >= 0.6 is 23.2 Å². The van der Waals surface area contributed by atoms with Crippen molar-refractivity contribution in [2.24, 2.45) is 0 Å². The third-order valence-corrected chi connectivity index (χ3v) is 4.03. The molecule has 0 radical (unpaired) electrons. The Morgan fingerprint density at radius 3 is 2.58 bits per heavy atom. The van der Waals surface area contributed by atoms with Gasteiger partial charge in [0.1, 0.15) is 29.6 Å². The molecule has 0 aliphatic rings. The molecule has 1 aromatic heterocycles. The molecule has 1 N–H and O–H groups in total. The van der Waals surface area contributed by atoms with Crippen molar-refractivity contribution in [3.8, 4) is 11.5 Å². The summed E-state index contributed by atoms with van der Waals surface area (Å²) in [5.74, 6) is 1.55. The van der Waals surface area contributed by atoms with Gasteiger partial charge in [-0.05, 0) is 66.7 Å². The molecule has 0 saturated carbocycles. The summed E-state index contributed by atoms with van der Waals surface area (Å²) >= 11 is 11.9. The Hall–Kier alpha value is -2.69. The largest absolute Gasteiger partial charge is 0.508 e. The molecule has 1 heterocycles. The van der Waals surface area contributed by atoms with Crippen molar-refractivity contribution in [3.63, 3.8) is 0 Å². The number of ether oxygens (including phenoxy) is 1. The number of aromatic hydroxyl groups is 1. The highest BCUT2D eigenvalue weighted by Gasteiger charge is 2.06. The molecule has 0 amide bonds. The highest BCUT2D eigenvalue weighted by Crippen LogP contribution is 2.28. The van der Waals surface area contributed by atoms with E-state index < -0.39 is 0 Å². The van der Waals surface area contributed by atoms with Gasteiger partial charge >= 0.3 is 0 Å². The predicted octanol–water partition coefficient (Wildman–Crippen LogP) is 5.77. The first-order valence-corrected chi connectivity index (χ1v) is 8.45. The molecule has 4 nitrogen and oxygen atoms in total. The summed E-state index contributed by atoms with van der Waals surface area (Å²) in [4.78, 5) is 12.1. The average molecular weight is 389 g/mol. The van der Waals surface area contributed by atoms with E-state index in [1.165, 1.54) is 18.2 Å². The number of allylic oxidation sites excluding steroid dienone is 1. The highest BCUT2D eigenvalue weighted by atomic mass is 35.5. The first kappa shape index (κ1) is 18.1. The second kappa shape index (κ2) is 8.13. The molecule has 0 atom stereocenters. The maximum absolute atomic E-state index is 12.1. The number of carbonyl (C=O) groups is 1. The van der Waals surface area contributed by atoms with E-state index in [9.17, 15) is 9.90 Å². The fourth-order valence-electron chi connectivity index (χ4n) is 2.18. The summed E-state index contributed by atoms with van der Waals surface area (Å²) in [5, 5.41) is 10.2. The number of benzene rings is 2. The molecular weight excluding hydrogens is 375 g/mol. The van der Waals surface area contributed by atoms with Crippen molar-refractivity contribution in [3.05, 3.63) is 87.8 Å². The normalized spacial score (nSPS) is 11.0. The Morgan fingerprint density at radius 2 is 1.85 bits per heavy atom. The molecule has 0 bridgehead atoms. The Bertz CT molecular complexity index is 943. The Kier molecular flexibility index (Phi) is 5.66. The number of phenols is 1. The number of furan rings is 1. The number of ketones is 1. The van der Waals surface area contributed by atoms with Gasteiger partial charge < -0.3 is 14.3 Å². The minimum atomic E-state index is -0.188. The van der Waals surface area contributed by atoms with E-state index in [1.54, 1.807) is 48.5 Å². The van der Waals surface area contributed by atoms with Crippen LogP contribution in [0.15, 0.2) is 65.1 Å². The first-order chi connectivity index (χ1) is 12.5. The molecule has 6 heteroatoms. The van der Waals surface area contributed by atoms with Gasteiger partial charge in [-0.25, -0.2) is 0 Å². The number of phenolic OH excluding ortho intramolecular Hbond substituents is 1. The molecule has 132 valence electrons. The minimum Gasteiger partial charge on any atom is -0.508 e. The second-order valence-corrected chi connectivity index (χ2v) is 6.26. The molecule has 0 saturated heterocycles. The quantitative estimate of drug-likeness (QED) is 0.430. The average Bonchev–Trinajstić information content (AvgIpc) is 3.07. The third-order valence-electron chi connectivity index (χ3n) is 3.50. The molecule has 3 rings (SSSR count). The fourth-order valence-corrected chi connectivity index (χ4v) is 2.65. The maximum Gasteiger partial charge on any atom is 0.185 e. The van der Waals surface area contributed by atoms with Crippen LogP contribution in [0.4, 0.5) is 0 Å². The molecule has 0 spiro atoms. The van der Waals surface area contributed by atoms with Gasteiger partial charge in [0, 0.05) is 10.6 Å². The molecule has 3 aromatic rings. The van der Waals surface area contributed by atoms with Gasteiger partial charge in [0.05, 0.1) is 5.02 Å². The Balaban J connectivity index is 1.60. The molecule has 2 aromatic carbocycles. The van der Waals surface area contributed by atoms with Crippen molar-refractivity contribution in [2.75, 3.05) is 0 Å². The lowest BCUT2D eigenvalue weighted by atomic mass is 10.1. The van der Waals surface area contributed by atoms with E-state index >= 15 is 0 Å². The van der Waals surface area contributed by atoms with Crippen LogP contribution in [-0.4, -0.2) is 10.9 Å². The molecule has 0 unspecified atom stereocenters. The summed E-state index contributed by atoms with van der Waals surface area (Å²) < 4.78 is 11.2. The lowest BCUT2D eigenvalue weighted by Gasteiger charge is -2.06. The number of carbonyl (C=O) groups excluding carboxylic acids is 1. The predicted molar refractivity (Wildman–Crippen MR) is 101 cm³/mol.